The van der Waals surface area contributed by atoms with Gasteiger partial charge in [0.2, 0.25) is 0 Å². The van der Waals surface area contributed by atoms with Gasteiger partial charge in [0, 0.05) is 12.8 Å². The molecule has 12 heteroatoms. The summed E-state index contributed by atoms with van der Waals surface area (Å²) >= 11 is 0. The Hall–Kier alpha value is -3.34. The fourth-order valence-corrected chi connectivity index (χ4v) is 8.26. The number of unbranched alkanes of at least 4 members (excludes halogenated alkanes) is 22. The summed E-state index contributed by atoms with van der Waals surface area (Å²) in [7, 11) is -4.78. The monoisotopic (exact) mass is 1030 g/mol. The summed E-state index contributed by atoms with van der Waals surface area (Å²) in [6.07, 6.45) is 61.4. The van der Waals surface area contributed by atoms with Crippen molar-refractivity contribution in [1.29, 1.82) is 0 Å². The van der Waals surface area contributed by atoms with Crippen LogP contribution in [-0.4, -0.2) is 66.5 Å². The van der Waals surface area contributed by atoms with Crippen molar-refractivity contribution in [2.24, 2.45) is 0 Å². The van der Waals surface area contributed by atoms with Crippen LogP contribution < -0.4 is 0 Å². The van der Waals surface area contributed by atoms with Gasteiger partial charge in [0.25, 0.3) is 0 Å². The Balaban J connectivity index is 4.81. The molecule has 0 aliphatic rings. The third kappa shape index (κ3) is 51.6. The van der Waals surface area contributed by atoms with E-state index < -0.39 is 57.8 Å². The van der Waals surface area contributed by atoms with E-state index in [1.165, 1.54) is 83.5 Å². The van der Waals surface area contributed by atoms with Crippen molar-refractivity contribution in [1.82, 2.24) is 0 Å². The van der Waals surface area contributed by atoms with Gasteiger partial charge in [-0.2, -0.15) is 0 Å². The third-order valence-electron chi connectivity index (χ3n) is 11.8. The predicted molar refractivity (Wildman–Crippen MR) is 298 cm³/mol. The second-order valence-corrected chi connectivity index (χ2v) is 20.2. The highest BCUT2D eigenvalue weighted by molar-refractivity contribution is 7.47. The van der Waals surface area contributed by atoms with Crippen LogP contribution >= 0.6 is 7.82 Å². The van der Waals surface area contributed by atoms with Crippen LogP contribution in [0.15, 0.2) is 85.1 Å². The number of esters is 3. The Bertz CT molecular complexity index is 1530. The van der Waals surface area contributed by atoms with Crippen LogP contribution in [0.5, 0.6) is 0 Å². The maximum atomic E-state index is 12.9. The topological polar surface area (TPSA) is 155 Å². The number of hydrogen-bond acceptors (Lipinski definition) is 10. The minimum Gasteiger partial charge on any atom is -0.462 e. The number of phosphoric ester groups is 1. The van der Waals surface area contributed by atoms with E-state index in [4.69, 9.17) is 23.3 Å². The van der Waals surface area contributed by atoms with E-state index in [0.717, 1.165) is 96.3 Å². The zero-order valence-corrected chi connectivity index (χ0v) is 46.5. The summed E-state index contributed by atoms with van der Waals surface area (Å²) in [5.74, 6) is -1.62. The Kier molecular flexibility index (Phi) is 51.4. The van der Waals surface area contributed by atoms with Gasteiger partial charge < -0.3 is 24.2 Å². The highest BCUT2D eigenvalue weighted by Gasteiger charge is 2.28. The average Bonchev–Trinajstić information content (AvgIpc) is 3.37. The molecule has 0 aliphatic carbocycles. The van der Waals surface area contributed by atoms with Crippen molar-refractivity contribution in [3.05, 3.63) is 85.1 Å². The molecule has 0 aliphatic heterocycles. The molecule has 0 radical (unpaired) electrons. The minimum absolute atomic E-state index is 0.0578. The highest BCUT2D eigenvalue weighted by atomic mass is 31.2. The number of carbonyl (C=O) groups is 3. The predicted octanol–water partition coefficient (Wildman–Crippen LogP) is 16.7. The van der Waals surface area contributed by atoms with Crippen LogP contribution in [0.4, 0.5) is 0 Å². The third-order valence-corrected chi connectivity index (χ3v) is 12.8. The number of hydrogen-bond donors (Lipinski definition) is 2. The van der Waals surface area contributed by atoms with E-state index in [1.807, 2.05) is 18.2 Å². The molecule has 3 atom stereocenters. The molecule has 0 saturated carbocycles. The molecule has 2 N–H and O–H groups in total. The molecular weight excluding hydrogens is 928 g/mol. The van der Waals surface area contributed by atoms with Crippen molar-refractivity contribution in [2.45, 2.75) is 251 Å². The molecule has 0 saturated heterocycles. The number of allylic oxidation sites excluding steroid dienone is 13. The van der Waals surface area contributed by atoms with Crippen molar-refractivity contribution < 1.29 is 52.2 Å². The minimum atomic E-state index is -4.78. The summed E-state index contributed by atoms with van der Waals surface area (Å²) in [4.78, 5) is 48.4. The fourth-order valence-electron chi connectivity index (χ4n) is 7.48. The van der Waals surface area contributed by atoms with Gasteiger partial charge >= 0.3 is 25.7 Å². The molecule has 11 nitrogen and oxygen atoms in total. The smallest absolute Gasteiger partial charge is 0.462 e. The van der Waals surface area contributed by atoms with Gasteiger partial charge in [-0.05, 0) is 96.3 Å². The Morgan fingerprint density at radius 2 is 0.778 bits per heavy atom. The molecule has 0 aromatic rings. The van der Waals surface area contributed by atoms with Crippen LogP contribution in [0.1, 0.15) is 239 Å². The van der Waals surface area contributed by atoms with Gasteiger partial charge in [-0.25, -0.2) is 4.57 Å². The number of rotatable bonds is 52. The molecule has 72 heavy (non-hydrogen) atoms. The number of aliphatic hydroxyl groups is 1. The molecule has 0 spiro atoms. The molecule has 0 bridgehead atoms. The molecule has 3 unspecified atom stereocenters. The number of aliphatic hydroxyl groups excluding tert-OH is 1. The van der Waals surface area contributed by atoms with Crippen molar-refractivity contribution in [2.75, 3.05) is 26.4 Å². The van der Waals surface area contributed by atoms with Gasteiger partial charge in [0.05, 0.1) is 26.2 Å². The molecule has 0 amide bonds. The van der Waals surface area contributed by atoms with Crippen LogP contribution in [0.25, 0.3) is 0 Å². The number of ether oxygens (including phenoxy) is 3. The summed E-state index contributed by atoms with van der Waals surface area (Å²) < 4.78 is 39.4. The van der Waals surface area contributed by atoms with Gasteiger partial charge in [0.1, 0.15) is 12.7 Å². The Labute approximate surface area is 439 Å². The summed E-state index contributed by atoms with van der Waals surface area (Å²) in [6.45, 7) is 4.39. The normalized spacial score (nSPS) is 14.0. The first-order chi connectivity index (χ1) is 35.2. The van der Waals surface area contributed by atoms with Gasteiger partial charge in [-0.3, -0.25) is 23.4 Å². The number of carbonyl (C=O) groups excluding carboxylic acids is 3. The Morgan fingerprint density at radius 1 is 0.417 bits per heavy atom. The molecule has 0 aromatic heterocycles. The molecule has 0 aromatic carbocycles. The standard InChI is InChI=1S/C60H103O11P/c1-4-7-10-13-16-19-22-25-27-28-30-33-36-39-42-45-48-51-60(64)71-57(53-67-58(62)49-46-43-40-37-34-31-24-21-18-15-12-9-6-3)55-69-72(65,66)68-54-56(52-61)70-59(63)50-47-44-41-38-35-32-29-26-23-20-17-14-11-8-5-2/h8,11,17,20-21,24-27,29,35,38,44,47,56-57,61H,4-7,9-10,12-16,18-19,22-23,28,30-34,36-37,39-43,45-46,48-55H2,1-3H3,(H,65,66)/b11-8-,20-17-,24-21-,27-25-,29-26-,38-35-,47-44-. The first kappa shape index (κ1) is 68.7. The van der Waals surface area contributed by atoms with Crippen LogP contribution in [0.3, 0.4) is 0 Å². The average molecular weight is 1030 g/mol. The van der Waals surface area contributed by atoms with Crippen molar-refractivity contribution >= 4 is 25.7 Å². The van der Waals surface area contributed by atoms with Crippen LogP contribution in [0, 0.1) is 0 Å². The lowest BCUT2D eigenvalue weighted by Crippen LogP contribution is -2.30. The molecule has 0 rings (SSSR count). The maximum absolute atomic E-state index is 12.9. The van der Waals surface area contributed by atoms with Crippen LogP contribution in [0.2, 0.25) is 0 Å². The Morgan fingerprint density at radius 3 is 1.22 bits per heavy atom. The molecule has 0 heterocycles. The number of phosphoric acid groups is 1. The summed E-state index contributed by atoms with van der Waals surface area (Å²) in [5.41, 5.74) is 0. The second kappa shape index (κ2) is 53.9. The van der Waals surface area contributed by atoms with E-state index in [0.29, 0.717) is 19.3 Å². The van der Waals surface area contributed by atoms with E-state index in [9.17, 15) is 28.9 Å². The second-order valence-electron chi connectivity index (χ2n) is 18.7. The lowest BCUT2D eigenvalue weighted by atomic mass is 10.1. The quantitative estimate of drug-likeness (QED) is 0.0197. The first-order valence-corrected chi connectivity index (χ1v) is 30.0. The highest BCUT2D eigenvalue weighted by Crippen LogP contribution is 2.43. The summed E-state index contributed by atoms with van der Waals surface area (Å²) in [5, 5.41) is 9.78. The molecule has 414 valence electrons. The van der Waals surface area contributed by atoms with Gasteiger partial charge in [0.15, 0.2) is 6.10 Å². The molecule has 0 fully saturated rings. The lowest BCUT2D eigenvalue weighted by molar-refractivity contribution is -0.161. The SMILES string of the molecule is CC/C=C\C/C=C\C/C=C\C/C=C\C/C=C\CC(=O)OC(CO)COP(=O)(O)OCC(COC(=O)CCCCCCC/C=C\CCCCCC)OC(=O)CCCCCCCCC/C=C\CCCCCCCC. The fraction of sp³-hybridized carbons (Fsp3) is 0.717. The van der Waals surface area contributed by atoms with Crippen molar-refractivity contribution in [3.8, 4) is 0 Å². The zero-order chi connectivity index (χ0) is 52.7. The van der Waals surface area contributed by atoms with E-state index in [2.05, 4.69) is 81.5 Å². The van der Waals surface area contributed by atoms with Crippen molar-refractivity contribution in [3.63, 3.8) is 0 Å². The van der Waals surface area contributed by atoms with Gasteiger partial charge in [-0.1, -0.05) is 209 Å². The van der Waals surface area contributed by atoms with E-state index in [1.54, 1.807) is 6.08 Å². The molecular formula is C60H103O11P. The maximum Gasteiger partial charge on any atom is 0.472 e. The largest absolute Gasteiger partial charge is 0.472 e. The van der Waals surface area contributed by atoms with Gasteiger partial charge in [-0.15, -0.1) is 0 Å². The van der Waals surface area contributed by atoms with E-state index >= 15 is 0 Å². The first-order valence-electron chi connectivity index (χ1n) is 28.5. The van der Waals surface area contributed by atoms with E-state index in [-0.39, 0.29) is 25.9 Å². The summed E-state index contributed by atoms with van der Waals surface area (Å²) in [6, 6.07) is 0. The lowest BCUT2D eigenvalue weighted by Gasteiger charge is -2.21. The zero-order valence-electron chi connectivity index (χ0n) is 45.6. The van der Waals surface area contributed by atoms with Crippen LogP contribution in [-0.2, 0) is 42.2 Å².